The number of hydrogen-bond donors (Lipinski definition) is 0. The molecule has 0 aliphatic heterocycles. The predicted molar refractivity (Wildman–Crippen MR) is 98.8 cm³/mol. The van der Waals surface area contributed by atoms with Crippen molar-refractivity contribution in [3.8, 4) is 0 Å². The molecular formula is C23H34. The molecule has 1 atom stereocenters. The van der Waals surface area contributed by atoms with Crippen LogP contribution in [0.5, 0.6) is 0 Å². The van der Waals surface area contributed by atoms with E-state index in [4.69, 9.17) is 0 Å². The van der Waals surface area contributed by atoms with E-state index in [-0.39, 0.29) is 5.41 Å². The van der Waals surface area contributed by atoms with Crippen LogP contribution in [-0.4, -0.2) is 0 Å². The first-order chi connectivity index (χ1) is 10.8. The Morgan fingerprint density at radius 3 is 1.83 bits per heavy atom. The zero-order valence-corrected chi connectivity index (χ0v) is 15.6. The molecule has 0 radical (unpaired) electrons. The van der Waals surface area contributed by atoms with Gasteiger partial charge >= 0.3 is 0 Å². The minimum absolute atomic E-state index is 0.266. The zero-order valence-electron chi connectivity index (χ0n) is 15.6. The first kappa shape index (κ1) is 15.7. The Kier molecular flexibility index (Phi) is 3.67. The summed E-state index contributed by atoms with van der Waals surface area (Å²) >= 11 is 0. The van der Waals surface area contributed by atoms with Crippen LogP contribution in [0, 0.1) is 23.2 Å². The number of rotatable bonds is 3. The Labute approximate surface area is 143 Å². The third kappa shape index (κ3) is 2.99. The third-order valence-electron chi connectivity index (χ3n) is 7.25. The molecule has 4 aliphatic carbocycles. The summed E-state index contributed by atoms with van der Waals surface area (Å²) in [5.74, 6) is 3.96. The van der Waals surface area contributed by atoms with Gasteiger partial charge in [0, 0.05) is 0 Å². The maximum atomic E-state index is 2.48. The molecule has 4 saturated carbocycles. The van der Waals surface area contributed by atoms with Gasteiger partial charge in [0.1, 0.15) is 0 Å². The minimum Gasteiger partial charge on any atom is -0.0585 e. The summed E-state index contributed by atoms with van der Waals surface area (Å²) in [6.07, 6.45) is 10.8. The van der Waals surface area contributed by atoms with E-state index >= 15 is 0 Å². The SMILES string of the molecule is CC(CC12CC3CC(CC(C3)C1)C2)c1ccc(C(C)(C)C)cc1. The molecule has 1 unspecified atom stereocenters. The Morgan fingerprint density at radius 1 is 0.913 bits per heavy atom. The highest BCUT2D eigenvalue weighted by Crippen LogP contribution is 2.62. The molecule has 4 fully saturated rings. The largest absolute Gasteiger partial charge is 0.0585 e. The second-order valence-electron chi connectivity index (χ2n) is 10.4. The van der Waals surface area contributed by atoms with Crippen molar-refractivity contribution < 1.29 is 0 Å². The van der Waals surface area contributed by atoms with E-state index in [1.54, 1.807) is 44.1 Å². The first-order valence-electron chi connectivity index (χ1n) is 9.93. The summed E-state index contributed by atoms with van der Waals surface area (Å²) in [6.45, 7) is 9.40. The van der Waals surface area contributed by atoms with Crippen LogP contribution in [0.15, 0.2) is 24.3 Å². The lowest BCUT2D eigenvalue weighted by Gasteiger charge is -2.57. The van der Waals surface area contributed by atoms with Gasteiger partial charge in [0.25, 0.3) is 0 Å². The van der Waals surface area contributed by atoms with Gasteiger partial charge in [0.05, 0.1) is 0 Å². The fraction of sp³-hybridized carbons (Fsp3) is 0.739. The average molecular weight is 311 g/mol. The van der Waals surface area contributed by atoms with Gasteiger partial charge in [-0.05, 0) is 90.6 Å². The van der Waals surface area contributed by atoms with Crippen molar-refractivity contribution >= 4 is 0 Å². The van der Waals surface area contributed by atoms with Crippen molar-refractivity contribution in [1.82, 2.24) is 0 Å². The van der Waals surface area contributed by atoms with Crippen LogP contribution in [0.1, 0.15) is 89.7 Å². The number of hydrogen-bond acceptors (Lipinski definition) is 0. The topological polar surface area (TPSA) is 0 Å². The van der Waals surface area contributed by atoms with Crippen molar-refractivity contribution in [2.24, 2.45) is 23.2 Å². The molecule has 23 heavy (non-hydrogen) atoms. The fourth-order valence-electron chi connectivity index (χ4n) is 6.62. The van der Waals surface area contributed by atoms with Gasteiger partial charge in [-0.1, -0.05) is 52.0 Å². The van der Waals surface area contributed by atoms with Crippen LogP contribution >= 0.6 is 0 Å². The normalized spacial score (nSPS) is 37.1. The van der Waals surface area contributed by atoms with Crippen LogP contribution in [0.3, 0.4) is 0 Å². The van der Waals surface area contributed by atoms with Gasteiger partial charge in [-0.15, -0.1) is 0 Å². The second-order valence-corrected chi connectivity index (χ2v) is 10.4. The fourth-order valence-corrected chi connectivity index (χ4v) is 6.62. The van der Waals surface area contributed by atoms with Crippen LogP contribution in [0.25, 0.3) is 0 Å². The molecule has 0 heteroatoms. The highest BCUT2D eigenvalue weighted by Gasteiger charge is 2.50. The van der Waals surface area contributed by atoms with Crippen LogP contribution < -0.4 is 0 Å². The van der Waals surface area contributed by atoms with Gasteiger partial charge in [0.2, 0.25) is 0 Å². The Hall–Kier alpha value is -0.780. The summed E-state index contributed by atoms with van der Waals surface area (Å²) in [5.41, 5.74) is 4.00. The highest BCUT2D eigenvalue weighted by atomic mass is 14.6. The van der Waals surface area contributed by atoms with E-state index < -0.39 is 0 Å². The lowest BCUT2D eigenvalue weighted by atomic mass is 9.48. The second kappa shape index (κ2) is 5.36. The van der Waals surface area contributed by atoms with E-state index in [0.717, 1.165) is 23.7 Å². The van der Waals surface area contributed by atoms with Crippen LogP contribution in [0.2, 0.25) is 0 Å². The molecule has 126 valence electrons. The van der Waals surface area contributed by atoms with Gasteiger partial charge in [0.15, 0.2) is 0 Å². The lowest BCUT2D eigenvalue weighted by Crippen LogP contribution is -2.46. The highest BCUT2D eigenvalue weighted by molar-refractivity contribution is 5.29. The zero-order chi connectivity index (χ0) is 16.2. The van der Waals surface area contributed by atoms with Crippen molar-refractivity contribution in [3.63, 3.8) is 0 Å². The molecule has 0 amide bonds. The monoisotopic (exact) mass is 310 g/mol. The summed E-state index contributed by atoms with van der Waals surface area (Å²) in [5, 5.41) is 0. The molecule has 0 N–H and O–H groups in total. The van der Waals surface area contributed by atoms with Gasteiger partial charge < -0.3 is 0 Å². The molecule has 4 bridgehead atoms. The molecule has 1 aromatic rings. The molecule has 1 aromatic carbocycles. The molecule has 0 saturated heterocycles. The molecule has 5 rings (SSSR count). The Morgan fingerprint density at radius 2 is 1.39 bits per heavy atom. The Balaban J connectivity index is 1.48. The standard InChI is InChI=1S/C23H34/c1-16(20-5-7-21(8-6-20)22(2,3)4)12-23-13-17-9-18(14-23)11-19(10-17)15-23/h5-8,16-19H,9-15H2,1-4H3. The Bertz CT molecular complexity index is 521. The van der Waals surface area contributed by atoms with Crippen molar-refractivity contribution in [2.45, 2.75) is 84.0 Å². The van der Waals surface area contributed by atoms with Crippen molar-refractivity contribution in [1.29, 1.82) is 0 Å². The van der Waals surface area contributed by atoms with E-state index in [9.17, 15) is 0 Å². The van der Waals surface area contributed by atoms with Crippen LogP contribution in [-0.2, 0) is 5.41 Å². The smallest absolute Gasteiger partial charge is 0.0132 e. The molecule has 0 aromatic heterocycles. The summed E-state index contributed by atoms with van der Waals surface area (Å²) in [7, 11) is 0. The maximum absolute atomic E-state index is 2.48. The van der Waals surface area contributed by atoms with Crippen LogP contribution in [0.4, 0.5) is 0 Å². The number of benzene rings is 1. The maximum Gasteiger partial charge on any atom is -0.0132 e. The lowest BCUT2D eigenvalue weighted by molar-refractivity contribution is -0.0600. The van der Waals surface area contributed by atoms with Crippen molar-refractivity contribution in [3.05, 3.63) is 35.4 Å². The van der Waals surface area contributed by atoms with E-state index in [0.29, 0.717) is 5.41 Å². The van der Waals surface area contributed by atoms with E-state index in [2.05, 4.69) is 52.0 Å². The van der Waals surface area contributed by atoms with E-state index in [1.165, 1.54) is 12.0 Å². The predicted octanol–water partition coefficient (Wildman–Crippen LogP) is 6.69. The molecule has 0 spiro atoms. The summed E-state index contributed by atoms with van der Waals surface area (Å²) in [6, 6.07) is 9.55. The summed E-state index contributed by atoms with van der Waals surface area (Å²) < 4.78 is 0. The van der Waals surface area contributed by atoms with Gasteiger partial charge in [-0.3, -0.25) is 0 Å². The molecule has 4 aliphatic rings. The molecular weight excluding hydrogens is 276 g/mol. The molecule has 0 heterocycles. The van der Waals surface area contributed by atoms with Crippen molar-refractivity contribution in [2.75, 3.05) is 0 Å². The first-order valence-corrected chi connectivity index (χ1v) is 9.93. The minimum atomic E-state index is 0.266. The van der Waals surface area contributed by atoms with Gasteiger partial charge in [-0.2, -0.15) is 0 Å². The average Bonchev–Trinajstić information content (AvgIpc) is 2.44. The molecule has 0 nitrogen and oxygen atoms in total. The third-order valence-corrected chi connectivity index (χ3v) is 7.25. The summed E-state index contributed by atoms with van der Waals surface area (Å²) in [4.78, 5) is 0. The quantitative estimate of drug-likeness (QED) is 0.583. The van der Waals surface area contributed by atoms with Gasteiger partial charge in [-0.25, -0.2) is 0 Å². The van der Waals surface area contributed by atoms with E-state index in [1.807, 2.05) is 0 Å².